The fourth-order valence-electron chi connectivity index (χ4n) is 3.68. The van der Waals surface area contributed by atoms with Crippen molar-refractivity contribution in [2.45, 2.75) is 13.0 Å². The molecule has 0 atom stereocenters. The Bertz CT molecular complexity index is 1300. The number of methoxy groups -OCH3 is 2. The minimum atomic E-state index is -0.257. The Hall–Kier alpha value is -4.13. The molecule has 0 saturated heterocycles. The lowest BCUT2D eigenvalue weighted by molar-refractivity contribution is -0.120. The highest BCUT2D eigenvalue weighted by Crippen LogP contribution is 2.27. The summed E-state index contributed by atoms with van der Waals surface area (Å²) < 4.78 is 25.8. The number of hydrogen-bond acceptors (Lipinski definition) is 4. The number of carbonyl (C=O) groups excluding carboxylic acids is 1. The Balaban J connectivity index is 1.47. The number of rotatable bonds is 8. The van der Waals surface area contributed by atoms with Crippen LogP contribution in [0, 0.1) is 5.82 Å². The van der Waals surface area contributed by atoms with Gasteiger partial charge in [0.15, 0.2) is 11.5 Å². The van der Waals surface area contributed by atoms with Gasteiger partial charge < -0.3 is 14.0 Å². The van der Waals surface area contributed by atoms with Gasteiger partial charge in [0.1, 0.15) is 5.82 Å². The van der Waals surface area contributed by atoms with Crippen molar-refractivity contribution in [2.24, 2.45) is 5.10 Å². The first-order valence-corrected chi connectivity index (χ1v) is 10.4. The minimum absolute atomic E-state index is 0.157. The molecule has 0 bridgehead atoms. The molecular weight excluding hydrogens is 421 g/mol. The van der Waals surface area contributed by atoms with Gasteiger partial charge in [0.25, 0.3) is 0 Å². The van der Waals surface area contributed by atoms with E-state index < -0.39 is 0 Å². The summed E-state index contributed by atoms with van der Waals surface area (Å²) in [6.45, 7) is 0.598. The number of nitrogens with one attached hydrogen (secondary N) is 1. The Morgan fingerprint density at radius 1 is 1.00 bits per heavy atom. The lowest BCUT2D eigenvalue weighted by Gasteiger charge is -2.09. The van der Waals surface area contributed by atoms with Crippen LogP contribution < -0.4 is 14.9 Å². The third-order valence-corrected chi connectivity index (χ3v) is 5.29. The molecule has 0 aliphatic rings. The molecule has 168 valence electrons. The summed E-state index contributed by atoms with van der Waals surface area (Å²) >= 11 is 0. The topological polar surface area (TPSA) is 64.8 Å². The summed E-state index contributed by atoms with van der Waals surface area (Å²) in [5.41, 5.74) is 6.26. The zero-order chi connectivity index (χ0) is 23.2. The maximum Gasteiger partial charge on any atom is 0.244 e. The number of benzene rings is 3. The zero-order valence-corrected chi connectivity index (χ0v) is 18.4. The predicted octanol–water partition coefficient (Wildman–Crippen LogP) is 4.54. The summed E-state index contributed by atoms with van der Waals surface area (Å²) in [6.07, 6.45) is 3.76. The van der Waals surface area contributed by atoms with Crippen molar-refractivity contribution < 1.29 is 18.7 Å². The molecule has 0 unspecified atom stereocenters. The van der Waals surface area contributed by atoms with E-state index in [1.807, 2.05) is 36.5 Å². The number of aromatic nitrogens is 1. The highest BCUT2D eigenvalue weighted by molar-refractivity contribution is 5.99. The quantitative estimate of drug-likeness (QED) is 0.320. The first kappa shape index (κ1) is 22.1. The van der Waals surface area contributed by atoms with Gasteiger partial charge in [0, 0.05) is 29.2 Å². The average molecular weight is 445 g/mol. The van der Waals surface area contributed by atoms with Gasteiger partial charge in [-0.2, -0.15) is 5.10 Å². The van der Waals surface area contributed by atoms with Gasteiger partial charge in [-0.25, -0.2) is 9.82 Å². The molecule has 4 aromatic rings. The smallest absolute Gasteiger partial charge is 0.244 e. The monoisotopic (exact) mass is 445 g/mol. The highest BCUT2D eigenvalue weighted by Gasteiger charge is 2.09. The van der Waals surface area contributed by atoms with E-state index in [1.54, 1.807) is 44.7 Å². The summed E-state index contributed by atoms with van der Waals surface area (Å²) in [6, 6.07) is 19.7. The highest BCUT2D eigenvalue weighted by atomic mass is 19.1. The van der Waals surface area contributed by atoms with Gasteiger partial charge in [-0.1, -0.05) is 36.4 Å². The van der Waals surface area contributed by atoms with Crippen LogP contribution in [-0.4, -0.2) is 30.9 Å². The Kier molecular flexibility index (Phi) is 6.69. The average Bonchev–Trinajstić information content (AvgIpc) is 3.18. The fraction of sp³-hybridized carbons (Fsp3) is 0.154. The van der Waals surface area contributed by atoms with E-state index in [1.165, 1.54) is 12.1 Å². The summed E-state index contributed by atoms with van der Waals surface area (Å²) in [4.78, 5) is 12.4. The largest absolute Gasteiger partial charge is 0.493 e. The molecule has 0 fully saturated rings. The second-order valence-electron chi connectivity index (χ2n) is 7.52. The molecule has 0 radical (unpaired) electrons. The number of nitrogens with zero attached hydrogens (tertiary/aromatic N) is 2. The molecule has 1 N–H and O–H groups in total. The van der Waals surface area contributed by atoms with E-state index in [9.17, 15) is 9.18 Å². The molecule has 6 nitrogen and oxygen atoms in total. The number of carbonyl (C=O) groups is 1. The van der Waals surface area contributed by atoms with E-state index in [0.717, 1.165) is 27.6 Å². The van der Waals surface area contributed by atoms with Gasteiger partial charge in [0.05, 0.1) is 26.9 Å². The van der Waals surface area contributed by atoms with Crippen LogP contribution in [0.25, 0.3) is 10.9 Å². The Labute approximate surface area is 191 Å². The van der Waals surface area contributed by atoms with E-state index in [-0.39, 0.29) is 18.1 Å². The molecule has 7 heteroatoms. The number of fused-ring (bicyclic) bond motifs is 1. The maximum absolute atomic E-state index is 13.2. The van der Waals surface area contributed by atoms with Gasteiger partial charge in [-0.3, -0.25) is 4.79 Å². The number of hydrogen-bond donors (Lipinski definition) is 1. The van der Waals surface area contributed by atoms with Crippen LogP contribution in [0.15, 0.2) is 78.0 Å². The normalized spacial score (nSPS) is 11.1. The third-order valence-electron chi connectivity index (χ3n) is 5.29. The lowest BCUT2D eigenvalue weighted by atomic mass is 10.1. The van der Waals surface area contributed by atoms with Crippen LogP contribution >= 0.6 is 0 Å². The second kappa shape index (κ2) is 9.99. The molecule has 0 aliphatic carbocycles. The molecule has 1 heterocycles. The van der Waals surface area contributed by atoms with Crippen LogP contribution in [0.5, 0.6) is 11.5 Å². The second-order valence-corrected chi connectivity index (χ2v) is 7.52. The predicted molar refractivity (Wildman–Crippen MR) is 126 cm³/mol. The minimum Gasteiger partial charge on any atom is -0.493 e. The number of amides is 1. The van der Waals surface area contributed by atoms with Crippen LogP contribution in [0.1, 0.15) is 16.7 Å². The summed E-state index contributed by atoms with van der Waals surface area (Å²) in [5, 5.41) is 5.16. The van der Waals surface area contributed by atoms with Gasteiger partial charge in [0.2, 0.25) is 5.91 Å². The number of hydrazone groups is 1. The SMILES string of the molecule is COc1ccc(CC(=O)N/N=C\c2cn(Cc3ccc(F)cc3)c3ccccc23)cc1OC. The summed E-state index contributed by atoms with van der Waals surface area (Å²) in [7, 11) is 3.12. The zero-order valence-electron chi connectivity index (χ0n) is 18.4. The van der Waals surface area contributed by atoms with Crippen molar-refractivity contribution >= 4 is 23.0 Å². The molecule has 4 rings (SSSR count). The van der Waals surface area contributed by atoms with Crippen molar-refractivity contribution in [1.29, 1.82) is 0 Å². The first-order valence-electron chi connectivity index (χ1n) is 10.4. The van der Waals surface area contributed by atoms with Crippen LogP contribution in [0.3, 0.4) is 0 Å². The molecule has 1 amide bonds. The van der Waals surface area contributed by atoms with Crippen LogP contribution in [0.2, 0.25) is 0 Å². The third kappa shape index (κ3) is 5.20. The van der Waals surface area contributed by atoms with Crippen molar-refractivity contribution in [1.82, 2.24) is 9.99 Å². The van der Waals surface area contributed by atoms with E-state index in [4.69, 9.17) is 9.47 Å². The molecular formula is C26H24FN3O3. The number of halogens is 1. The van der Waals surface area contributed by atoms with Crippen molar-refractivity contribution in [3.8, 4) is 11.5 Å². The number of ether oxygens (including phenoxy) is 2. The fourth-order valence-corrected chi connectivity index (χ4v) is 3.68. The summed E-state index contributed by atoms with van der Waals surface area (Å²) in [5.74, 6) is 0.679. The van der Waals surface area contributed by atoms with Crippen molar-refractivity contribution in [3.63, 3.8) is 0 Å². The standard InChI is InChI=1S/C26H24FN3O3/c1-32-24-12-9-19(13-25(24)33-2)14-26(31)29-28-15-20-17-30(23-6-4-3-5-22(20)23)16-18-7-10-21(27)11-8-18/h3-13,15,17H,14,16H2,1-2H3,(H,29,31)/b28-15-. The van der Waals surface area contributed by atoms with Crippen molar-refractivity contribution in [2.75, 3.05) is 14.2 Å². The number of para-hydroxylation sites is 1. The van der Waals surface area contributed by atoms with Gasteiger partial charge >= 0.3 is 0 Å². The first-order chi connectivity index (χ1) is 16.1. The van der Waals surface area contributed by atoms with Crippen LogP contribution in [0.4, 0.5) is 4.39 Å². The van der Waals surface area contributed by atoms with Crippen molar-refractivity contribution in [3.05, 3.63) is 95.4 Å². The molecule has 0 saturated carbocycles. The molecule has 1 aromatic heterocycles. The van der Waals surface area contributed by atoms with E-state index >= 15 is 0 Å². The van der Waals surface area contributed by atoms with Gasteiger partial charge in [-0.05, 0) is 41.5 Å². The lowest BCUT2D eigenvalue weighted by Crippen LogP contribution is -2.19. The molecule has 0 aliphatic heterocycles. The van der Waals surface area contributed by atoms with Crippen LogP contribution in [-0.2, 0) is 17.8 Å². The Morgan fingerprint density at radius 2 is 1.73 bits per heavy atom. The molecule has 0 spiro atoms. The maximum atomic E-state index is 13.2. The molecule has 3 aromatic carbocycles. The van der Waals surface area contributed by atoms with Gasteiger partial charge in [-0.15, -0.1) is 0 Å². The Morgan fingerprint density at radius 3 is 2.48 bits per heavy atom. The molecule has 33 heavy (non-hydrogen) atoms. The van der Waals surface area contributed by atoms with E-state index in [2.05, 4.69) is 15.1 Å². The van der Waals surface area contributed by atoms with E-state index in [0.29, 0.717) is 18.0 Å².